The molecule has 0 aliphatic heterocycles. The van der Waals surface area contributed by atoms with Gasteiger partial charge >= 0.3 is 5.97 Å². The second-order valence-corrected chi connectivity index (χ2v) is 4.76. The van der Waals surface area contributed by atoms with Crippen LogP contribution >= 0.6 is 0 Å². The van der Waals surface area contributed by atoms with E-state index in [-0.39, 0.29) is 5.92 Å². The molecule has 0 aromatic rings. The van der Waals surface area contributed by atoms with Gasteiger partial charge in [-0.1, -0.05) is 12.8 Å². The largest absolute Gasteiger partial charge is 0.479 e. The second kappa shape index (κ2) is 3.87. The zero-order valence-electron chi connectivity index (χ0n) is 8.29. The van der Waals surface area contributed by atoms with Crippen LogP contribution in [0.3, 0.4) is 0 Å². The second-order valence-electron chi connectivity index (χ2n) is 4.76. The number of carboxylic acids is 1. The molecule has 0 aromatic carbocycles. The van der Waals surface area contributed by atoms with Gasteiger partial charge in [-0.3, -0.25) is 0 Å². The van der Waals surface area contributed by atoms with Crippen molar-refractivity contribution >= 4 is 5.97 Å². The van der Waals surface area contributed by atoms with E-state index in [2.05, 4.69) is 0 Å². The average Bonchev–Trinajstić information content (AvgIpc) is 3.00. The summed E-state index contributed by atoms with van der Waals surface area (Å²) in [6, 6.07) is 0. The van der Waals surface area contributed by atoms with Crippen molar-refractivity contribution in [2.75, 3.05) is 0 Å². The Labute approximate surface area is 83.5 Å². The van der Waals surface area contributed by atoms with Crippen molar-refractivity contribution in [3.05, 3.63) is 0 Å². The van der Waals surface area contributed by atoms with Crippen LogP contribution in [-0.4, -0.2) is 17.2 Å². The summed E-state index contributed by atoms with van der Waals surface area (Å²) in [7, 11) is 0. The van der Waals surface area contributed by atoms with Crippen LogP contribution in [0.1, 0.15) is 38.5 Å². The monoisotopic (exact) mass is 200 g/mol. The number of carbonyl (C=O) groups is 1. The summed E-state index contributed by atoms with van der Waals surface area (Å²) in [4.78, 5) is 10.5. The van der Waals surface area contributed by atoms with Gasteiger partial charge in [0.2, 0.25) is 0 Å². The zero-order chi connectivity index (χ0) is 10.1. The summed E-state index contributed by atoms with van der Waals surface area (Å²) >= 11 is 0. The van der Waals surface area contributed by atoms with Crippen molar-refractivity contribution in [1.29, 1.82) is 0 Å². The summed E-state index contributed by atoms with van der Waals surface area (Å²) in [5, 5.41) is 8.60. The third kappa shape index (κ3) is 2.07. The molecule has 3 heteroatoms. The standard InChI is InChI=1S/C11H17FO2/c12-10(11(13)14)9-3-1-2-8(6-9)7-4-5-7/h7-10H,1-6H2,(H,13,14). The van der Waals surface area contributed by atoms with E-state index in [1.165, 1.54) is 19.3 Å². The maximum Gasteiger partial charge on any atom is 0.338 e. The first-order valence-corrected chi connectivity index (χ1v) is 5.55. The van der Waals surface area contributed by atoms with Crippen LogP contribution in [0.4, 0.5) is 4.39 Å². The predicted molar refractivity (Wildman–Crippen MR) is 50.7 cm³/mol. The molecule has 2 fully saturated rings. The molecule has 0 spiro atoms. The van der Waals surface area contributed by atoms with Gasteiger partial charge in [0.15, 0.2) is 6.17 Å². The Morgan fingerprint density at radius 2 is 1.93 bits per heavy atom. The van der Waals surface area contributed by atoms with Gasteiger partial charge in [0.25, 0.3) is 0 Å². The quantitative estimate of drug-likeness (QED) is 0.760. The highest BCUT2D eigenvalue weighted by Crippen LogP contribution is 2.46. The van der Waals surface area contributed by atoms with E-state index in [0.29, 0.717) is 5.92 Å². The van der Waals surface area contributed by atoms with Crippen molar-refractivity contribution in [2.24, 2.45) is 17.8 Å². The fourth-order valence-corrected chi connectivity index (χ4v) is 2.73. The molecule has 14 heavy (non-hydrogen) atoms. The fourth-order valence-electron chi connectivity index (χ4n) is 2.73. The molecule has 0 saturated heterocycles. The third-order valence-electron chi connectivity index (χ3n) is 3.69. The van der Waals surface area contributed by atoms with E-state index < -0.39 is 12.1 Å². The van der Waals surface area contributed by atoms with Gasteiger partial charge in [0.05, 0.1) is 0 Å². The lowest BCUT2D eigenvalue weighted by Gasteiger charge is -2.29. The molecule has 0 aromatic heterocycles. The number of halogens is 1. The maximum absolute atomic E-state index is 13.3. The highest BCUT2D eigenvalue weighted by Gasteiger charge is 2.38. The Hall–Kier alpha value is -0.600. The highest BCUT2D eigenvalue weighted by molar-refractivity contribution is 5.72. The molecule has 0 radical (unpaired) electrons. The zero-order valence-corrected chi connectivity index (χ0v) is 8.29. The van der Waals surface area contributed by atoms with Crippen LogP contribution in [0, 0.1) is 17.8 Å². The molecule has 2 aliphatic rings. The lowest BCUT2D eigenvalue weighted by molar-refractivity contribution is -0.145. The maximum atomic E-state index is 13.3. The van der Waals surface area contributed by atoms with Gasteiger partial charge in [0.1, 0.15) is 0 Å². The van der Waals surface area contributed by atoms with Gasteiger partial charge in [0, 0.05) is 5.92 Å². The molecule has 0 amide bonds. The average molecular weight is 200 g/mol. The molecule has 3 atom stereocenters. The smallest absolute Gasteiger partial charge is 0.338 e. The SMILES string of the molecule is O=C(O)C(F)C1CCCC(C2CC2)C1. The van der Waals surface area contributed by atoms with Gasteiger partial charge in [-0.05, 0) is 37.5 Å². The van der Waals surface area contributed by atoms with Crippen molar-refractivity contribution in [2.45, 2.75) is 44.7 Å². The Morgan fingerprint density at radius 1 is 1.21 bits per heavy atom. The van der Waals surface area contributed by atoms with Crippen LogP contribution < -0.4 is 0 Å². The van der Waals surface area contributed by atoms with Gasteiger partial charge in [-0.25, -0.2) is 9.18 Å². The molecule has 0 heterocycles. The summed E-state index contributed by atoms with van der Waals surface area (Å²) in [6.45, 7) is 0. The van der Waals surface area contributed by atoms with E-state index in [1.807, 2.05) is 0 Å². The first kappa shape index (κ1) is 9.94. The van der Waals surface area contributed by atoms with E-state index in [4.69, 9.17) is 5.11 Å². The molecule has 0 bridgehead atoms. The number of alkyl halides is 1. The van der Waals surface area contributed by atoms with E-state index in [0.717, 1.165) is 25.2 Å². The predicted octanol–water partition coefficient (Wildman–Crippen LogP) is 2.63. The number of carboxylic acid groups (broad SMARTS) is 1. The van der Waals surface area contributed by atoms with Crippen LogP contribution in [0.15, 0.2) is 0 Å². The first-order chi connectivity index (χ1) is 6.68. The Morgan fingerprint density at radius 3 is 2.50 bits per heavy atom. The Bertz CT molecular complexity index is 225. The number of hydrogen-bond donors (Lipinski definition) is 1. The van der Waals surface area contributed by atoms with Crippen LogP contribution in [0.5, 0.6) is 0 Å². The van der Waals surface area contributed by atoms with E-state index in [9.17, 15) is 9.18 Å². The van der Waals surface area contributed by atoms with Crippen molar-refractivity contribution < 1.29 is 14.3 Å². The minimum atomic E-state index is -1.63. The summed E-state index contributed by atoms with van der Waals surface area (Å²) in [5.74, 6) is -0.0801. The van der Waals surface area contributed by atoms with Crippen LogP contribution in [0.2, 0.25) is 0 Å². The topological polar surface area (TPSA) is 37.3 Å². The Kier molecular flexibility index (Phi) is 2.75. The van der Waals surface area contributed by atoms with Crippen molar-refractivity contribution in [3.8, 4) is 0 Å². The molecular formula is C11H17FO2. The van der Waals surface area contributed by atoms with E-state index >= 15 is 0 Å². The van der Waals surface area contributed by atoms with Gasteiger partial charge < -0.3 is 5.11 Å². The summed E-state index contributed by atoms with van der Waals surface area (Å²) < 4.78 is 13.3. The highest BCUT2D eigenvalue weighted by atomic mass is 19.1. The minimum absolute atomic E-state index is 0.216. The number of hydrogen-bond acceptors (Lipinski definition) is 1. The first-order valence-electron chi connectivity index (χ1n) is 5.55. The molecule has 2 saturated carbocycles. The summed E-state index contributed by atoms with van der Waals surface area (Å²) in [5.41, 5.74) is 0. The van der Waals surface area contributed by atoms with Gasteiger partial charge in [-0.15, -0.1) is 0 Å². The molecule has 1 N–H and O–H groups in total. The summed E-state index contributed by atoms with van der Waals surface area (Å²) in [6.07, 6.45) is 4.70. The minimum Gasteiger partial charge on any atom is -0.479 e. The molecular weight excluding hydrogens is 183 g/mol. The lowest BCUT2D eigenvalue weighted by atomic mass is 9.77. The number of rotatable bonds is 3. The lowest BCUT2D eigenvalue weighted by Crippen LogP contribution is -2.30. The molecule has 3 unspecified atom stereocenters. The van der Waals surface area contributed by atoms with Crippen LogP contribution in [-0.2, 0) is 4.79 Å². The normalized spacial score (nSPS) is 35.2. The van der Waals surface area contributed by atoms with Crippen molar-refractivity contribution in [1.82, 2.24) is 0 Å². The fraction of sp³-hybridized carbons (Fsp3) is 0.909. The number of aliphatic carboxylic acids is 1. The molecule has 80 valence electrons. The molecule has 2 aliphatic carbocycles. The van der Waals surface area contributed by atoms with E-state index in [1.54, 1.807) is 0 Å². The molecule has 2 rings (SSSR count). The Balaban J connectivity index is 1.89. The van der Waals surface area contributed by atoms with Crippen molar-refractivity contribution in [3.63, 3.8) is 0 Å². The van der Waals surface area contributed by atoms with Gasteiger partial charge in [-0.2, -0.15) is 0 Å². The van der Waals surface area contributed by atoms with Crippen LogP contribution in [0.25, 0.3) is 0 Å². The molecule has 2 nitrogen and oxygen atoms in total. The third-order valence-corrected chi connectivity index (χ3v) is 3.69.